The van der Waals surface area contributed by atoms with Gasteiger partial charge in [-0.25, -0.2) is 0 Å². The fourth-order valence-corrected chi connectivity index (χ4v) is 2.57. The fraction of sp³-hybridized carbons (Fsp3) is 0.182. The van der Waals surface area contributed by atoms with Gasteiger partial charge < -0.3 is 10.2 Å². The first-order valence-corrected chi connectivity index (χ1v) is 6.24. The Hall–Kier alpha value is -2.15. The molecule has 0 amide bonds. The Morgan fingerprint density at radius 3 is 2.89 bits per heavy atom. The molecule has 7 heteroatoms. The number of phenolic OH excluding ortho intramolecular Hbond substituents is 2. The number of hydrogen-bond donors (Lipinski definition) is 2. The van der Waals surface area contributed by atoms with Gasteiger partial charge >= 0.3 is 0 Å². The number of rotatable bonds is 2. The van der Waals surface area contributed by atoms with Crippen LogP contribution in [0.1, 0.15) is 12.7 Å². The largest absolute Gasteiger partial charge is 0.508 e. The van der Waals surface area contributed by atoms with Gasteiger partial charge in [0.05, 0.1) is 5.56 Å². The highest BCUT2D eigenvalue weighted by molar-refractivity contribution is 7.19. The zero-order valence-corrected chi connectivity index (χ0v) is 10.3. The average Bonchev–Trinajstić information content (AvgIpc) is 2.91. The van der Waals surface area contributed by atoms with Gasteiger partial charge in [0.25, 0.3) is 0 Å². The second kappa shape index (κ2) is 3.95. The van der Waals surface area contributed by atoms with E-state index in [9.17, 15) is 10.2 Å². The lowest BCUT2D eigenvalue weighted by Crippen LogP contribution is -1.93. The fourth-order valence-electron chi connectivity index (χ4n) is 1.68. The van der Waals surface area contributed by atoms with Crippen LogP contribution in [0.2, 0.25) is 0 Å². The van der Waals surface area contributed by atoms with E-state index in [1.807, 2.05) is 6.92 Å². The molecule has 0 fully saturated rings. The Morgan fingerprint density at radius 2 is 2.11 bits per heavy atom. The Kier molecular flexibility index (Phi) is 2.41. The minimum absolute atomic E-state index is 0.0795. The van der Waals surface area contributed by atoms with Crippen LogP contribution in [0.25, 0.3) is 15.5 Å². The third kappa shape index (κ3) is 1.60. The van der Waals surface area contributed by atoms with E-state index in [0.29, 0.717) is 15.5 Å². The quantitative estimate of drug-likeness (QED) is 0.688. The van der Waals surface area contributed by atoms with Gasteiger partial charge in [-0.3, -0.25) is 0 Å². The predicted molar refractivity (Wildman–Crippen MR) is 66.8 cm³/mol. The third-order valence-corrected chi connectivity index (χ3v) is 3.51. The SMILES string of the molecule is CCc1nnc2sc(-c3cc(O)ccc3O)nn12. The molecule has 18 heavy (non-hydrogen) atoms. The van der Waals surface area contributed by atoms with Crippen LogP contribution in [-0.4, -0.2) is 30.0 Å². The number of aromatic hydroxyl groups is 2. The summed E-state index contributed by atoms with van der Waals surface area (Å²) >= 11 is 1.32. The van der Waals surface area contributed by atoms with Crippen molar-refractivity contribution in [2.45, 2.75) is 13.3 Å². The van der Waals surface area contributed by atoms with Crippen LogP contribution >= 0.6 is 11.3 Å². The Balaban J connectivity index is 2.19. The van der Waals surface area contributed by atoms with Gasteiger partial charge in [0.15, 0.2) is 10.8 Å². The van der Waals surface area contributed by atoms with Gasteiger partial charge in [0, 0.05) is 6.42 Å². The Morgan fingerprint density at radius 1 is 1.28 bits per heavy atom. The standard InChI is InChI=1S/C11H10N4O2S/c1-2-9-12-13-11-15(9)14-10(18-11)7-5-6(16)3-4-8(7)17/h3-5,16-17H,2H2,1H3. The highest BCUT2D eigenvalue weighted by atomic mass is 32.1. The minimum Gasteiger partial charge on any atom is -0.508 e. The smallest absolute Gasteiger partial charge is 0.234 e. The molecule has 0 aliphatic carbocycles. The van der Waals surface area contributed by atoms with E-state index < -0.39 is 0 Å². The molecule has 3 aromatic rings. The monoisotopic (exact) mass is 262 g/mol. The van der Waals surface area contributed by atoms with Gasteiger partial charge in [0.1, 0.15) is 11.5 Å². The van der Waals surface area contributed by atoms with Crippen molar-refractivity contribution in [3.63, 3.8) is 0 Å². The first kappa shape index (κ1) is 11.0. The third-order valence-electron chi connectivity index (χ3n) is 2.58. The summed E-state index contributed by atoms with van der Waals surface area (Å²) in [5, 5.41) is 32.2. The van der Waals surface area contributed by atoms with E-state index in [0.717, 1.165) is 12.2 Å². The molecule has 0 bridgehead atoms. The molecule has 92 valence electrons. The first-order valence-electron chi connectivity index (χ1n) is 5.42. The number of benzene rings is 1. The van der Waals surface area contributed by atoms with E-state index in [1.165, 1.54) is 29.5 Å². The molecule has 0 spiro atoms. The van der Waals surface area contributed by atoms with Crippen LogP contribution in [0.5, 0.6) is 11.5 Å². The number of fused-ring (bicyclic) bond motifs is 1. The number of hydrogen-bond acceptors (Lipinski definition) is 6. The van der Waals surface area contributed by atoms with Crippen LogP contribution < -0.4 is 0 Å². The van der Waals surface area contributed by atoms with Gasteiger partial charge in [-0.05, 0) is 18.2 Å². The molecular formula is C11H10N4O2S. The summed E-state index contributed by atoms with van der Waals surface area (Å²) in [6, 6.07) is 4.34. The molecule has 0 saturated heterocycles. The normalized spacial score (nSPS) is 11.2. The van der Waals surface area contributed by atoms with E-state index >= 15 is 0 Å². The van der Waals surface area contributed by atoms with Crippen molar-refractivity contribution < 1.29 is 10.2 Å². The molecule has 0 atom stereocenters. The van der Waals surface area contributed by atoms with E-state index in [-0.39, 0.29) is 11.5 Å². The summed E-state index contributed by atoms with van der Waals surface area (Å²) in [4.78, 5) is 0.671. The summed E-state index contributed by atoms with van der Waals surface area (Å²) in [6.07, 6.45) is 0.733. The van der Waals surface area contributed by atoms with Crippen molar-refractivity contribution in [1.82, 2.24) is 19.8 Å². The number of phenols is 2. The Bertz CT molecular complexity index is 719. The van der Waals surface area contributed by atoms with Gasteiger partial charge in [-0.15, -0.1) is 10.2 Å². The maximum Gasteiger partial charge on any atom is 0.234 e. The van der Waals surface area contributed by atoms with Crippen molar-refractivity contribution in [3.05, 3.63) is 24.0 Å². The molecule has 1 aromatic carbocycles. The van der Waals surface area contributed by atoms with Crippen LogP contribution in [0.4, 0.5) is 0 Å². The maximum absolute atomic E-state index is 9.79. The number of nitrogens with zero attached hydrogens (tertiary/aromatic N) is 4. The van der Waals surface area contributed by atoms with Gasteiger partial charge in [-0.2, -0.15) is 9.61 Å². The van der Waals surface area contributed by atoms with E-state index in [2.05, 4.69) is 15.3 Å². The highest BCUT2D eigenvalue weighted by Crippen LogP contribution is 2.34. The van der Waals surface area contributed by atoms with Crippen molar-refractivity contribution in [2.24, 2.45) is 0 Å². The van der Waals surface area contributed by atoms with Crippen molar-refractivity contribution in [2.75, 3.05) is 0 Å². The van der Waals surface area contributed by atoms with Crippen LogP contribution in [-0.2, 0) is 6.42 Å². The molecule has 6 nitrogen and oxygen atoms in total. The predicted octanol–water partition coefficient (Wildman–Crippen LogP) is 1.83. The molecule has 2 N–H and O–H groups in total. The molecule has 2 heterocycles. The second-order valence-corrected chi connectivity index (χ2v) is 4.73. The van der Waals surface area contributed by atoms with E-state index in [1.54, 1.807) is 4.52 Å². The summed E-state index contributed by atoms with van der Waals surface area (Å²) in [7, 11) is 0. The molecule has 0 aliphatic rings. The summed E-state index contributed by atoms with van der Waals surface area (Å²) in [5.74, 6) is 0.937. The lowest BCUT2D eigenvalue weighted by Gasteiger charge is -2.00. The zero-order valence-electron chi connectivity index (χ0n) is 9.53. The lowest BCUT2D eigenvalue weighted by atomic mass is 10.2. The maximum atomic E-state index is 9.79. The van der Waals surface area contributed by atoms with Crippen molar-refractivity contribution in [3.8, 4) is 22.1 Å². The van der Waals surface area contributed by atoms with Crippen LogP contribution in [0, 0.1) is 0 Å². The van der Waals surface area contributed by atoms with Crippen molar-refractivity contribution >= 4 is 16.3 Å². The summed E-state index contributed by atoms with van der Waals surface area (Å²) in [5.41, 5.74) is 0.493. The Labute approximate surface area is 106 Å². The van der Waals surface area contributed by atoms with Gasteiger partial charge in [-0.1, -0.05) is 18.3 Å². The van der Waals surface area contributed by atoms with Crippen molar-refractivity contribution in [1.29, 1.82) is 0 Å². The summed E-state index contributed by atoms with van der Waals surface area (Å²) in [6.45, 7) is 1.97. The minimum atomic E-state index is 0.0795. The van der Waals surface area contributed by atoms with Crippen LogP contribution in [0.3, 0.4) is 0 Å². The summed E-state index contributed by atoms with van der Waals surface area (Å²) < 4.78 is 1.66. The first-order chi connectivity index (χ1) is 8.69. The number of aromatic nitrogens is 4. The van der Waals surface area contributed by atoms with Gasteiger partial charge in [0.2, 0.25) is 4.96 Å². The molecule has 2 aromatic heterocycles. The molecular weight excluding hydrogens is 252 g/mol. The second-order valence-electron chi connectivity index (χ2n) is 3.77. The van der Waals surface area contributed by atoms with E-state index in [4.69, 9.17) is 0 Å². The lowest BCUT2D eigenvalue weighted by molar-refractivity contribution is 0.462. The molecule has 3 rings (SSSR count). The average molecular weight is 262 g/mol. The van der Waals surface area contributed by atoms with Crippen LogP contribution in [0.15, 0.2) is 18.2 Å². The molecule has 0 aliphatic heterocycles. The topological polar surface area (TPSA) is 83.5 Å². The highest BCUT2D eigenvalue weighted by Gasteiger charge is 2.14. The number of aryl methyl sites for hydroxylation is 1. The molecule has 0 unspecified atom stereocenters. The molecule has 0 radical (unpaired) electrons. The zero-order chi connectivity index (χ0) is 12.7. The molecule has 0 saturated carbocycles.